The van der Waals surface area contributed by atoms with Gasteiger partial charge in [0, 0.05) is 20.3 Å². The van der Waals surface area contributed by atoms with Crippen molar-refractivity contribution >= 4 is 5.91 Å². The average Bonchev–Trinajstić information content (AvgIpc) is 2.86. The van der Waals surface area contributed by atoms with E-state index in [2.05, 4.69) is 5.10 Å². The summed E-state index contributed by atoms with van der Waals surface area (Å²) in [6, 6.07) is 7.58. The minimum absolute atomic E-state index is 0.102. The molecule has 0 atom stereocenters. The zero-order valence-corrected chi connectivity index (χ0v) is 10.5. The summed E-state index contributed by atoms with van der Waals surface area (Å²) in [6.45, 7) is 0. The van der Waals surface area contributed by atoms with Gasteiger partial charge in [-0.1, -0.05) is 6.07 Å². The largest absolute Gasteiger partial charge is 0.343 e. The minimum atomic E-state index is -0.615. The molecule has 0 aliphatic carbocycles. The van der Waals surface area contributed by atoms with Gasteiger partial charge in [0.15, 0.2) is 5.69 Å². The Morgan fingerprint density at radius 3 is 2.79 bits per heavy atom. The summed E-state index contributed by atoms with van der Waals surface area (Å²) >= 11 is 0. The maximum atomic E-state index is 13.5. The summed E-state index contributed by atoms with van der Waals surface area (Å²) in [7, 11) is 3.23. The van der Waals surface area contributed by atoms with E-state index in [1.165, 1.54) is 34.0 Å². The summed E-state index contributed by atoms with van der Waals surface area (Å²) in [4.78, 5) is 13.1. The third-order valence-electron chi connectivity index (χ3n) is 2.56. The SMILES string of the molecule is CN(C)C(=O)c1ccn(-c2cccc(F)c2C#N)n1. The molecule has 0 aliphatic rings. The lowest BCUT2D eigenvalue weighted by molar-refractivity contribution is 0.0821. The van der Waals surface area contributed by atoms with Crippen LogP contribution >= 0.6 is 0 Å². The molecule has 0 radical (unpaired) electrons. The quantitative estimate of drug-likeness (QED) is 0.821. The van der Waals surface area contributed by atoms with Gasteiger partial charge >= 0.3 is 0 Å². The van der Waals surface area contributed by atoms with Crippen LogP contribution in [0.25, 0.3) is 5.69 Å². The van der Waals surface area contributed by atoms with Crippen LogP contribution < -0.4 is 0 Å². The third-order valence-corrected chi connectivity index (χ3v) is 2.56. The van der Waals surface area contributed by atoms with E-state index in [0.29, 0.717) is 5.69 Å². The average molecular weight is 258 g/mol. The van der Waals surface area contributed by atoms with Crippen LogP contribution in [0.15, 0.2) is 30.5 Å². The van der Waals surface area contributed by atoms with Crippen molar-refractivity contribution in [3.8, 4) is 11.8 Å². The second-order valence-electron chi connectivity index (χ2n) is 4.09. The van der Waals surface area contributed by atoms with Crippen molar-refractivity contribution in [1.82, 2.24) is 14.7 Å². The fourth-order valence-corrected chi connectivity index (χ4v) is 1.62. The van der Waals surface area contributed by atoms with Crippen molar-refractivity contribution in [2.24, 2.45) is 0 Å². The van der Waals surface area contributed by atoms with Crippen LogP contribution in [0.2, 0.25) is 0 Å². The number of benzene rings is 1. The molecule has 1 amide bonds. The Labute approximate surface area is 109 Å². The van der Waals surface area contributed by atoms with E-state index in [9.17, 15) is 9.18 Å². The van der Waals surface area contributed by atoms with Crippen molar-refractivity contribution in [1.29, 1.82) is 5.26 Å². The van der Waals surface area contributed by atoms with E-state index in [4.69, 9.17) is 5.26 Å². The lowest BCUT2D eigenvalue weighted by Crippen LogP contribution is -2.22. The molecule has 0 bridgehead atoms. The maximum Gasteiger partial charge on any atom is 0.273 e. The highest BCUT2D eigenvalue weighted by Gasteiger charge is 2.14. The van der Waals surface area contributed by atoms with Gasteiger partial charge in [-0.25, -0.2) is 9.07 Å². The first-order valence-corrected chi connectivity index (χ1v) is 5.51. The van der Waals surface area contributed by atoms with E-state index >= 15 is 0 Å². The first-order valence-electron chi connectivity index (χ1n) is 5.51. The first kappa shape index (κ1) is 12.8. The van der Waals surface area contributed by atoms with Crippen LogP contribution in [-0.2, 0) is 0 Å². The Balaban J connectivity index is 2.48. The van der Waals surface area contributed by atoms with Crippen molar-refractivity contribution < 1.29 is 9.18 Å². The summed E-state index contributed by atoms with van der Waals surface area (Å²) in [5, 5.41) is 13.0. The molecule has 5 nitrogen and oxygen atoms in total. The van der Waals surface area contributed by atoms with E-state index in [1.807, 2.05) is 0 Å². The third kappa shape index (κ3) is 2.31. The predicted octanol–water partition coefficient (Wildman–Crippen LogP) is 1.58. The van der Waals surface area contributed by atoms with Gasteiger partial charge in [-0.2, -0.15) is 10.4 Å². The Hall–Kier alpha value is -2.68. The Morgan fingerprint density at radius 1 is 1.42 bits per heavy atom. The van der Waals surface area contributed by atoms with Crippen molar-refractivity contribution in [3.63, 3.8) is 0 Å². The van der Waals surface area contributed by atoms with Gasteiger partial charge in [-0.05, 0) is 18.2 Å². The fraction of sp³-hybridized carbons (Fsp3) is 0.154. The molecule has 0 aliphatic heterocycles. The monoisotopic (exact) mass is 258 g/mol. The molecule has 0 fully saturated rings. The molecule has 0 saturated carbocycles. The number of amides is 1. The lowest BCUT2D eigenvalue weighted by atomic mass is 10.2. The van der Waals surface area contributed by atoms with Crippen LogP contribution in [0, 0.1) is 17.1 Å². The topological polar surface area (TPSA) is 61.9 Å². The molecular formula is C13H11FN4O. The van der Waals surface area contributed by atoms with E-state index < -0.39 is 5.82 Å². The predicted molar refractivity (Wildman–Crippen MR) is 66.3 cm³/mol. The van der Waals surface area contributed by atoms with Crippen LogP contribution in [0.4, 0.5) is 4.39 Å². The standard InChI is InChI=1S/C13H11FN4O/c1-17(2)13(19)11-6-7-18(16-11)12-5-3-4-10(14)9(12)8-15/h3-7H,1-2H3. The molecule has 1 heterocycles. The van der Waals surface area contributed by atoms with Gasteiger partial charge in [-0.3, -0.25) is 4.79 Å². The molecule has 0 spiro atoms. The van der Waals surface area contributed by atoms with Gasteiger partial charge < -0.3 is 4.90 Å². The van der Waals surface area contributed by atoms with Crippen LogP contribution in [0.3, 0.4) is 0 Å². The normalized spacial score (nSPS) is 10.0. The molecule has 0 unspecified atom stereocenters. The van der Waals surface area contributed by atoms with Gasteiger partial charge in [0.25, 0.3) is 5.91 Å². The highest BCUT2D eigenvalue weighted by molar-refractivity contribution is 5.91. The van der Waals surface area contributed by atoms with Crippen molar-refractivity contribution in [2.75, 3.05) is 14.1 Å². The van der Waals surface area contributed by atoms with E-state index in [-0.39, 0.29) is 17.2 Å². The summed E-state index contributed by atoms with van der Waals surface area (Å²) in [5.41, 5.74) is 0.438. The molecule has 2 rings (SSSR count). The Kier molecular flexibility index (Phi) is 3.29. The Bertz CT molecular complexity index is 670. The maximum absolute atomic E-state index is 13.5. The molecule has 96 valence electrons. The smallest absolute Gasteiger partial charge is 0.273 e. The molecule has 1 aromatic heterocycles. The highest BCUT2D eigenvalue weighted by atomic mass is 19.1. The molecule has 2 aromatic rings. The Morgan fingerprint density at radius 2 is 2.16 bits per heavy atom. The second-order valence-corrected chi connectivity index (χ2v) is 4.09. The van der Waals surface area contributed by atoms with E-state index in [0.717, 1.165) is 0 Å². The molecule has 0 N–H and O–H groups in total. The molecule has 1 aromatic carbocycles. The van der Waals surface area contributed by atoms with Crippen LogP contribution in [-0.4, -0.2) is 34.7 Å². The van der Waals surface area contributed by atoms with Gasteiger partial charge in [0.1, 0.15) is 17.4 Å². The number of rotatable bonds is 2. The zero-order chi connectivity index (χ0) is 14.0. The number of hydrogen-bond acceptors (Lipinski definition) is 3. The molecule has 6 heteroatoms. The van der Waals surface area contributed by atoms with Crippen molar-refractivity contribution in [2.45, 2.75) is 0 Å². The summed E-state index contributed by atoms with van der Waals surface area (Å²) in [6.07, 6.45) is 1.52. The lowest BCUT2D eigenvalue weighted by Gasteiger charge is -2.07. The number of hydrogen-bond donors (Lipinski definition) is 0. The zero-order valence-electron chi connectivity index (χ0n) is 10.5. The number of halogens is 1. The van der Waals surface area contributed by atoms with Gasteiger partial charge in [0.2, 0.25) is 0 Å². The van der Waals surface area contributed by atoms with Crippen molar-refractivity contribution in [3.05, 3.63) is 47.5 Å². The van der Waals surface area contributed by atoms with Gasteiger partial charge in [0.05, 0.1) is 5.69 Å². The fourth-order valence-electron chi connectivity index (χ4n) is 1.62. The molecular weight excluding hydrogens is 247 g/mol. The number of carbonyl (C=O) groups is 1. The minimum Gasteiger partial charge on any atom is -0.343 e. The van der Waals surface area contributed by atoms with Crippen LogP contribution in [0.1, 0.15) is 16.1 Å². The molecule has 19 heavy (non-hydrogen) atoms. The number of aromatic nitrogens is 2. The number of carbonyl (C=O) groups excluding carboxylic acids is 1. The van der Waals surface area contributed by atoms with Gasteiger partial charge in [-0.15, -0.1) is 0 Å². The summed E-state index contributed by atoms with van der Waals surface area (Å²) in [5.74, 6) is -0.871. The second kappa shape index (κ2) is 4.90. The van der Waals surface area contributed by atoms with E-state index in [1.54, 1.807) is 26.2 Å². The summed E-state index contributed by atoms with van der Waals surface area (Å²) < 4.78 is 14.8. The first-order chi connectivity index (χ1) is 9.04. The molecule has 0 saturated heterocycles. The highest BCUT2D eigenvalue weighted by Crippen LogP contribution is 2.16. The van der Waals surface area contributed by atoms with Crippen LogP contribution in [0.5, 0.6) is 0 Å². The number of nitriles is 1. The number of nitrogens with zero attached hydrogens (tertiary/aromatic N) is 4.